The molecule has 1 amide bonds. The Kier molecular flexibility index (Phi) is 3.89. The van der Waals surface area contributed by atoms with Gasteiger partial charge in [0.25, 0.3) is 5.91 Å². The minimum atomic E-state index is -0.611. The number of carbonyl (C=O) groups is 2. The second-order valence-corrected chi connectivity index (χ2v) is 4.42. The molecular formula is C10H15N3O2S. The van der Waals surface area contributed by atoms with Gasteiger partial charge in [-0.25, -0.2) is 0 Å². The summed E-state index contributed by atoms with van der Waals surface area (Å²) in [6, 6.07) is 0. The van der Waals surface area contributed by atoms with E-state index in [1.54, 1.807) is 0 Å². The maximum absolute atomic E-state index is 11.3. The number of nitrogens with two attached hydrogens (primary N) is 2. The van der Waals surface area contributed by atoms with E-state index in [1.165, 1.54) is 18.3 Å². The van der Waals surface area contributed by atoms with Gasteiger partial charge in [-0.05, 0) is 6.42 Å². The first-order valence-electron chi connectivity index (χ1n) is 4.95. The Morgan fingerprint density at radius 2 is 2.06 bits per heavy atom. The largest absolute Gasteiger partial charge is 0.397 e. The lowest BCUT2D eigenvalue weighted by Gasteiger charge is -2.03. The summed E-state index contributed by atoms with van der Waals surface area (Å²) in [5.74, 6) is -0.769. The number of thiophene rings is 1. The van der Waals surface area contributed by atoms with Gasteiger partial charge >= 0.3 is 0 Å². The fourth-order valence-corrected chi connectivity index (χ4v) is 2.36. The van der Waals surface area contributed by atoms with Crippen molar-refractivity contribution in [1.82, 2.24) is 0 Å². The number of Topliss-reactive ketones (excluding diaryl/α,β-unsaturated/α-hetero) is 1. The average molecular weight is 241 g/mol. The molecular weight excluding hydrogens is 226 g/mol. The lowest BCUT2D eigenvalue weighted by Crippen LogP contribution is -2.15. The molecule has 0 aliphatic carbocycles. The van der Waals surface area contributed by atoms with Gasteiger partial charge in [-0.3, -0.25) is 9.59 Å². The Morgan fingerprint density at radius 3 is 2.50 bits per heavy atom. The molecule has 1 rings (SSSR count). The van der Waals surface area contributed by atoms with Crippen LogP contribution >= 0.6 is 11.3 Å². The van der Waals surface area contributed by atoms with E-state index in [0.29, 0.717) is 16.4 Å². The van der Waals surface area contributed by atoms with Crippen LogP contribution in [0.5, 0.6) is 0 Å². The highest BCUT2D eigenvalue weighted by Crippen LogP contribution is 2.35. The fourth-order valence-electron chi connectivity index (χ4n) is 1.31. The monoisotopic (exact) mass is 241 g/mol. The summed E-state index contributed by atoms with van der Waals surface area (Å²) in [6.07, 6.45) is 0.908. The first kappa shape index (κ1) is 12.5. The zero-order valence-electron chi connectivity index (χ0n) is 9.29. The molecule has 0 fully saturated rings. The van der Waals surface area contributed by atoms with Crippen molar-refractivity contribution in [2.24, 2.45) is 5.73 Å². The molecule has 0 bridgehead atoms. The number of hydrogen-bond donors (Lipinski definition) is 3. The number of hydrogen-bond acceptors (Lipinski definition) is 5. The Bertz CT molecular complexity index is 426. The van der Waals surface area contributed by atoms with E-state index in [1.807, 2.05) is 6.92 Å². The van der Waals surface area contributed by atoms with Crippen LogP contribution in [0.4, 0.5) is 10.7 Å². The summed E-state index contributed by atoms with van der Waals surface area (Å²) in [5.41, 5.74) is 11.4. The van der Waals surface area contributed by atoms with Crippen molar-refractivity contribution in [3.05, 3.63) is 10.4 Å². The summed E-state index contributed by atoms with van der Waals surface area (Å²) < 4.78 is 0. The van der Waals surface area contributed by atoms with Gasteiger partial charge < -0.3 is 16.8 Å². The number of primary amides is 1. The van der Waals surface area contributed by atoms with Crippen molar-refractivity contribution < 1.29 is 9.59 Å². The summed E-state index contributed by atoms with van der Waals surface area (Å²) in [5, 5.41) is 3.63. The topological polar surface area (TPSA) is 98.2 Å². The predicted octanol–water partition coefficient (Wildman–Crippen LogP) is 1.45. The molecule has 5 nitrogen and oxygen atoms in total. The minimum absolute atomic E-state index is 0.158. The molecule has 0 unspecified atom stereocenters. The summed E-state index contributed by atoms with van der Waals surface area (Å²) >= 11 is 1.18. The van der Waals surface area contributed by atoms with Crippen LogP contribution in [0.2, 0.25) is 0 Å². The van der Waals surface area contributed by atoms with Gasteiger partial charge in [-0.2, -0.15) is 0 Å². The lowest BCUT2D eigenvalue weighted by molar-refractivity contribution is 0.100. The number of carbonyl (C=O) groups excluding carboxylic acids is 2. The minimum Gasteiger partial charge on any atom is -0.397 e. The van der Waals surface area contributed by atoms with E-state index in [4.69, 9.17) is 11.5 Å². The summed E-state index contributed by atoms with van der Waals surface area (Å²) in [6.45, 7) is 4.12. The van der Waals surface area contributed by atoms with E-state index in [-0.39, 0.29) is 17.0 Å². The van der Waals surface area contributed by atoms with Crippen LogP contribution in [0.25, 0.3) is 0 Å². The van der Waals surface area contributed by atoms with Crippen LogP contribution in [0.1, 0.15) is 40.3 Å². The van der Waals surface area contributed by atoms with Gasteiger partial charge in [0, 0.05) is 13.5 Å². The van der Waals surface area contributed by atoms with E-state index < -0.39 is 5.91 Å². The molecule has 1 heterocycles. The molecule has 0 aliphatic rings. The molecule has 0 aliphatic heterocycles. The molecule has 0 atom stereocenters. The maximum Gasteiger partial charge on any atom is 0.253 e. The normalized spacial score (nSPS) is 10.1. The highest BCUT2D eigenvalue weighted by atomic mass is 32.1. The van der Waals surface area contributed by atoms with Crippen molar-refractivity contribution in [2.75, 3.05) is 17.6 Å². The molecule has 0 aromatic carbocycles. The second kappa shape index (κ2) is 4.98. The molecule has 88 valence electrons. The standard InChI is InChI=1S/C10H15N3O2S/c1-3-4-13-10-6(9(12)15)7(11)8(16-10)5(2)14/h13H,3-4,11H2,1-2H3,(H2,12,15). The molecule has 0 radical (unpaired) electrons. The fraction of sp³-hybridized carbons (Fsp3) is 0.400. The molecule has 1 aromatic rings. The Balaban J connectivity index is 3.20. The third kappa shape index (κ3) is 2.33. The van der Waals surface area contributed by atoms with E-state index in [9.17, 15) is 9.59 Å². The molecule has 5 N–H and O–H groups in total. The van der Waals surface area contributed by atoms with Gasteiger partial charge in [-0.1, -0.05) is 6.92 Å². The van der Waals surface area contributed by atoms with Gasteiger partial charge in [0.2, 0.25) is 0 Å². The van der Waals surface area contributed by atoms with Gasteiger partial charge in [0.15, 0.2) is 5.78 Å². The number of nitrogen functional groups attached to an aromatic ring is 1. The van der Waals surface area contributed by atoms with Crippen LogP contribution in [-0.4, -0.2) is 18.2 Å². The molecule has 0 spiro atoms. The highest BCUT2D eigenvalue weighted by Gasteiger charge is 2.21. The maximum atomic E-state index is 11.3. The zero-order chi connectivity index (χ0) is 12.3. The first-order valence-corrected chi connectivity index (χ1v) is 5.77. The number of rotatable bonds is 5. The quantitative estimate of drug-likeness (QED) is 0.679. The van der Waals surface area contributed by atoms with Crippen LogP contribution < -0.4 is 16.8 Å². The third-order valence-electron chi connectivity index (χ3n) is 2.05. The number of nitrogens with one attached hydrogen (secondary N) is 1. The van der Waals surface area contributed by atoms with Crippen molar-refractivity contribution >= 4 is 33.7 Å². The second-order valence-electron chi connectivity index (χ2n) is 3.40. The smallest absolute Gasteiger partial charge is 0.253 e. The van der Waals surface area contributed by atoms with Crippen molar-refractivity contribution in [2.45, 2.75) is 20.3 Å². The predicted molar refractivity (Wildman–Crippen MR) is 66.0 cm³/mol. The van der Waals surface area contributed by atoms with Gasteiger partial charge in [0.1, 0.15) is 5.00 Å². The molecule has 6 heteroatoms. The Morgan fingerprint density at radius 1 is 1.44 bits per heavy atom. The van der Waals surface area contributed by atoms with Crippen LogP contribution in [-0.2, 0) is 0 Å². The van der Waals surface area contributed by atoms with E-state index >= 15 is 0 Å². The van der Waals surface area contributed by atoms with Gasteiger partial charge in [-0.15, -0.1) is 11.3 Å². The number of ketones is 1. The number of anilines is 2. The third-order valence-corrected chi connectivity index (χ3v) is 3.31. The van der Waals surface area contributed by atoms with Crippen molar-refractivity contribution in [3.63, 3.8) is 0 Å². The Hall–Kier alpha value is -1.56. The van der Waals surface area contributed by atoms with E-state index in [2.05, 4.69) is 5.32 Å². The number of amides is 1. The van der Waals surface area contributed by atoms with Crippen molar-refractivity contribution in [1.29, 1.82) is 0 Å². The SMILES string of the molecule is CCCNc1sc(C(C)=O)c(N)c1C(N)=O. The van der Waals surface area contributed by atoms with E-state index in [0.717, 1.165) is 6.42 Å². The average Bonchev–Trinajstić information content (AvgIpc) is 2.52. The molecule has 1 aromatic heterocycles. The lowest BCUT2D eigenvalue weighted by atomic mass is 10.2. The van der Waals surface area contributed by atoms with Crippen molar-refractivity contribution in [3.8, 4) is 0 Å². The molecule has 16 heavy (non-hydrogen) atoms. The zero-order valence-corrected chi connectivity index (χ0v) is 10.1. The van der Waals surface area contributed by atoms with Gasteiger partial charge in [0.05, 0.1) is 16.1 Å². The molecule has 0 saturated carbocycles. The van der Waals surface area contributed by atoms with Crippen LogP contribution in [0.3, 0.4) is 0 Å². The summed E-state index contributed by atoms with van der Waals surface area (Å²) in [7, 11) is 0. The summed E-state index contributed by atoms with van der Waals surface area (Å²) in [4.78, 5) is 22.9. The first-order chi connectivity index (χ1) is 7.49. The highest BCUT2D eigenvalue weighted by molar-refractivity contribution is 7.19. The van der Waals surface area contributed by atoms with Crippen LogP contribution in [0.15, 0.2) is 0 Å². The van der Waals surface area contributed by atoms with Crippen LogP contribution in [0, 0.1) is 0 Å². The Labute approximate surface area is 97.8 Å². The molecule has 0 saturated heterocycles.